The molecule has 2 aromatic rings. The van der Waals surface area contributed by atoms with Crippen LogP contribution in [0.5, 0.6) is 0 Å². The largest absolute Gasteiger partial charge is 0.416 e. The van der Waals surface area contributed by atoms with Gasteiger partial charge >= 0.3 is 6.18 Å². The van der Waals surface area contributed by atoms with Crippen molar-refractivity contribution in [2.24, 2.45) is 0 Å². The molecule has 1 radical (unpaired) electrons. The number of alkyl halides is 3. The monoisotopic (exact) mass is 431 g/mol. The van der Waals surface area contributed by atoms with Crippen LogP contribution in [-0.4, -0.2) is 36.7 Å². The van der Waals surface area contributed by atoms with Crippen LogP contribution in [-0.2, 0) is 32.2 Å². The molecule has 159 valence electrons. The van der Waals surface area contributed by atoms with E-state index in [2.05, 4.69) is 12.0 Å². The average Bonchev–Trinajstić information content (AvgIpc) is 3.02. The fourth-order valence-corrected chi connectivity index (χ4v) is 5.33. The molecular formula is C19H22F3N2O4S. The van der Waals surface area contributed by atoms with E-state index in [0.717, 1.165) is 12.1 Å². The van der Waals surface area contributed by atoms with Crippen LogP contribution in [0.1, 0.15) is 42.8 Å². The van der Waals surface area contributed by atoms with Crippen LogP contribution in [0.15, 0.2) is 35.2 Å². The number of aromatic nitrogens is 2. The van der Waals surface area contributed by atoms with Crippen molar-refractivity contribution in [1.82, 2.24) is 9.78 Å². The third-order valence-electron chi connectivity index (χ3n) is 5.13. The van der Waals surface area contributed by atoms with Gasteiger partial charge in [-0.2, -0.15) is 18.3 Å². The van der Waals surface area contributed by atoms with Gasteiger partial charge in [0.05, 0.1) is 26.6 Å². The number of rotatable bonds is 5. The second kappa shape index (κ2) is 7.73. The van der Waals surface area contributed by atoms with E-state index in [1.54, 1.807) is 13.0 Å². The second-order valence-corrected chi connectivity index (χ2v) is 9.73. The minimum absolute atomic E-state index is 0.0699. The van der Waals surface area contributed by atoms with Gasteiger partial charge in [-0.3, -0.25) is 0 Å². The predicted molar refractivity (Wildman–Crippen MR) is 98.7 cm³/mol. The highest BCUT2D eigenvalue weighted by atomic mass is 32.2. The Morgan fingerprint density at radius 1 is 1.38 bits per heavy atom. The van der Waals surface area contributed by atoms with Gasteiger partial charge in [0.25, 0.3) is 0 Å². The third kappa shape index (κ3) is 4.19. The lowest BCUT2D eigenvalue weighted by molar-refractivity contribution is -0.137. The molecule has 1 fully saturated rings. The van der Waals surface area contributed by atoms with Gasteiger partial charge in [0.2, 0.25) is 0 Å². The molecule has 0 aliphatic carbocycles. The van der Waals surface area contributed by atoms with E-state index in [-0.39, 0.29) is 31.1 Å². The number of nitrogens with zero attached hydrogens (tertiary/aromatic N) is 2. The molecule has 1 aromatic heterocycles. The van der Waals surface area contributed by atoms with Gasteiger partial charge in [-0.1, -0.05) is 6.07 Å². The van der Waals surface area contributed by atoms with Crippen molar-refractivity contribution in [3.05, 3.63) is 54.2 Å². The molecule has 2 atom stereocenters. The van der Waals surface area contributed by atoms with E-state index in [9.17, 15) is 21.6 Å². The lowest BCUT2D eigenvalue weighted by Gasteiger charge is -2.37. The minimum Gasteiger partial charge on any atom is -0.372 e. The number of methoxy groups -OCH3 is 1. The molecule has 1 aliphatic rings. The van der Waals surface area contributed by atoms with E-state index >= 15 is 0 Å². The molecule has 3 rings (SSSR count). The van der Waals surface area contributed by atoms with Crippen molar-refractivity contribution in [3.8, 4) is 0 Å². The first kappa shape index (κ1) is 21.8. The maximum absolute atomic E-state index is 13.3. The zero-order valence-electron chi connectivity index (χ0n) is 16.1. The Labute approximate surface area is 167 Å². The van der Waals surface area contributed by atoms with Gasteiger partial charge in [0, 0.05) is 13.7 Å². The number of halogens is 3. The van der Waals surface area contributed by atoms with Crippen LogP contribution in [0.25, 0.3) is 0 Å². The van der Waals surface area contributed by atoms with E-state index in [1.807, 2.05) is 0 Å². The Morgan fingerprint density at radius 3 is 2.76 bits per heavy atom. The first-order valence-corrected chi connectivity index (χ1v) is 10.4. The van der Waals surface area contributed by atoms with Crippen molar-refractivity contribution in [2.75, 3.05) is 13.7 Å². The summed E-state index contributed by atoms with van der Waals surface area (Å²) in [6.45, 7) is 5.60. The van der Waals surface area contributed by atoms with Gasteiger partial charge in [-0.05, 0) is 51.0 Å². The topological polar surface area (TPSA) is 70.4 Å². The normalized spacial score (nSPS) is 23.3. The summed E-state index contributed by atoms with van der Waals surface area (Å²) in [5.41, 5.74) is 0.0985. The fraction of sp³-hybridized carbons (Fsp3) is 0.474. The molecule has 29 heavy (non-hydrogen) atoms. The molecule has 0 bridgehead atoms. The lowest BCUT2D eigenvalue weighted by Crippen LogP contribution is -2.42. The van der Waals surface area contributed by atoms with Crippen LogP contribution >= 0.6 is 0 Å². The summed E-state index contributed by atoms with van der Waals surface area (Å²) in [5, 5.41) is 4.21. The van der Waals surface area contributed by atoms with Crippen LogP contribution in [0, 0.1) is 6.92 Å². The zero-order valence-corrected chi connectivity index (χ0v) is 16.9. The Balaban J connectivity index is 1.96. The maximum atomic E-state index is 13.3. The molecule has 0 spiro atoms. The fourth-order valence-electron chi connectivity index (χ4n) is 3.50. The van der Waals surface area contributed by atoms with E-state index < -0.39 is 32.4 Å². The summed E-state index contributed by atoms with van der Waals surface area (Å²) < 4.78 is 76.9. The maximum Gasteiger partial charge on any atom is 0.416 e. The summed E-state index contributed by atoms with van der Waals surface area (Å²) in [4.78, 5) is -0.348. The lowest BCUT2D eigenvalue weighted by atomic mass is 9.94. The van der Waals surface area contributed by atoms with E-state index in [1.165, 1.54) is 17.9 Å². The molecule has 0 saturated carbocycles. The number of hydrogen-bond acceptors (Lipinski definition) is 5. The van der Waals surface area contributed by atoms with E-state index in [4.69, 9.17) is 9.47 Å². The molecule has 1 aliphatic heterocycles. The Hall–Kier alpha value is -1.91. The van der Waals surface area contributed by atoms with Gasteiger partial charge in [0.15, 0.2) is 9.84 Å². The van der Waals surface area contributed by atoms with Crippen molar-refractivity contribution in [3.63, 3.8) is 0 Å². The standard InChI is InChI=1S/C19H22F3N2O4S/c1-13-9-16(24(23-13)12-27-3)17-11-18(2,7-8-28-17)29(25,26)15-6-4-5-14(10-15)19(20,21)22/h4-6,9-10,17H,1,7-8,11-12H2,2-3H3/t17?,18-/m0/s1. The van der Waals surface area contributed by atoms with Crippen molar-refractivity contribution < 1.29 is 31.1 Å². The molecule has 6 nitrogen and oxygen atoms in total. The van der Waals surface area contributed by atoms with Gasteiger partial charge in [-0.15, -0.1) is 0 Å². The SMILES string of the molecule is [CH2]c1cc(C2C[C@@](C)(S(=O)(=O)c3cccc(C(F)(F)F)c3)CCO2)n(COC)n1. The Morgan fingerprint density at radius 2 is 2.10 bits per heavy atom. The first-order valence-electron chi connectivity index (χ1n) is 8.90. The summed E-state index contributed by atoms with van der Waals surface area (Å²) in [5.74, 6) is 0. The van der Waals surface area contributed by atoms with Crippen molar-refractivity contribution in [1.29, 1.82) is 0 Å². The van der Waals surface area contributed by atoms with Crippen molar-refractivity contribution >= 4 is 9.84 Å². The summed E-state index contributed by atoms with van der Waals surface area (Å²) >= 11 is 0. The van der Waals surface area contributed by atoms with Crippen LogP contribution in [0.3, 0.4) is 0 Å². The summed E-state index contributed by atoms with van der Waals surface area (Å²) in [7, 11) is -2.56. The summed E-state index contributed by atoms with van der Waals surface area (Å²) in [6.07, 6.45) is -4.99. The average molecular weight is 431 g/mol. The number of benzene rings is 1. The number of sulfone groups is 1. The highest BCUT2D eigenvalue weighted by molar-refractivity contribution is 7.92. The highest BCUT2D eigenvalue weighted by Gasteiger charge is 2.46. The first-order chi connectivity index (χ1) is 13.5. The summed E-state index contributed by atoms with van der Waals surface area (Å²) in [6, 6.07) is 5.54. The van der Waals surface area contributed by atoms with Gasteiger partial charge in [0.1, 0.15) is 12.8 Å². The minimum atomic E-state index is -4.62. The smallest absolute Gasteiger partial charge is 0.372 e. The molecule has 0 amide bonds. The molecular weight excluding hydrogens is 409 g/mol. The van der Waals surface area contributed by atoms with Crippen LogP contribution in [0.2, 0.25) is 0 Å². The predicted octanol–water partition coefficient (Wildman–Crippen LogP) is 3.77. The number of hydrogen-bond donors (Lipinski definition) is 0. The molecule has 1 saturated heterocycles. The number of ether oxygens (including phenoxy) is 2. The van der Waals surface area contributed by atoms with Crippen LogP contribution < -0.4 is 0 Å². The molecule has 1 aromatic carbocycles. The molecule has 10 heteroatoms. The molecule has 1 unspecified atom stereocenters. The van der Waals surface area contributed by atoms with Gasteiger partial charge < -0.3 is 9.47 Å². The molecule has 0 N–H and O–H groups in total. The third-order valence-corrected chi connectivity index (χ3v) is 7.67. The van der Waals surface area contributed by atoms with Crippen LogP contribution in [0.4, 0.5) is 13.2 Å². The highest BCUT2D eigenvalue weighted by Crippen LogP contribution is 2.42. The Kier molecular flexibility index (Phi) is 5.81. The quantitative estimate of drug-likeness (QED) is 0.721. The zero-order chi connectivity index (χ0) is 21.4. The van der Waals surface area contributed by atoms with Crippen molar-refractivity contribution in [2.45, 2.75) is 48.4 Å². The Bertz CT molecular complexity index is 988. The second-order valence-electron chi connectivity index (χ2n) is 7.27. The van der Waals surface area contributed by atoms with Gasteiger partial charge in [-0.25, -0.2) is 13.1 Å². The molecule has 2 heterocycles. The van der Waals surface area contributed by atoms with E-state index in [0.29, 0.717) is 17.5 Å².